The first-order valence-corrected chi connectivity index (χ1v) is 10.1. The molecule has 0 saturated heterocycles. The fourth-order valence-electron chi connectivity index (χ4n) is 4.34. The van der Waals surface area contributed by atoms with Crippen molar-refractivity contribution in [2.24, 2.45) is 0 Å². The normalized spacial score (nSPS) is 20.8. The quantitative estimate of drug-likeness (QED) is 0.627. The fourth-order valence-corrected chi connectivity index (χ4v) is 4.34. The van der Waals surface area contributed by atoms with Gasteiger partial charge in [0.15, 0.2) is 5.78 Å². The summed E-state index contributed by atoms with van der Waals surface area (Å²) in [5.74, 6) is 0.365. The Hall–Kier alpha value is -3.40. The van der Waals surface area contributed by atoms with Crippen molar-refractivity contribution < 1.29 is 4.79 Å². The molecule has 3 aromatic rings. The van der Waals surface area contributed by atoms with Gasteiger partial charge in [0.1, 0.15) is 0 Å². The minimum absolute atomic E-state index is 0.181. The number of benzene rings is 2. The number of para-hydroxylation sites is 2. The highest BCUT2D eigenvalue weighted by Gasteiger charge is 2.36. The predicted molar refractivity (Wildman–Crippen MR) is 116 cm³/mol. The van der Waals surface area contributed by atoms with Crippen molar-refractivity contribution >= 4 is 17.2 Å². The van der Waals surface area contributed by atoms with Crippen LogP contribution in [0.4, 0.5) is 11.4 Å². The Morgan fingerprint density at radius 3 is 2.41 bits per heavy atom. The number of nitrogens with zero attached hydrogens (tertiary/aromatic N) is 1. The van der Waals surface area contributed by atoms with E-state index in [4.69, 9.17) is 0 Å². The summed E-state index contributed by atoms with van der Waals surface area (Å²) >= 11 is 0. The minimum Gasteiger partial charge on any atom is -0.371 e. The van der Waals surface area contributed by atoms with Crippen LogP contribution in [0.3, 0.4) is 0 Å². The lowest BCUT2D eigenvalue weighted by atomic mass is 9.79. The third kappa shape index (κ3) is 3.31. The van der Waals surface area contributed by atoms with Gasteiger partial charge in [0.25, 0.3) is 0 Å². The van der Waals surface area contributed by atoms with E-state index in [-0.39, 0.29) is 17.7 Å². The van der Waals surface area contributed by atoms with E-state index < -0.39 is 0 Å². The van der Waals surface area contributed by atoms with Gasteiger partial charge in [-0.15, -0.1) is 0 Å². The van der Waals surface area contributed by atoms with Crippen molar-refractivity contribution in [3.8, 4) is 0 Å². The zero-order valence-electron chi connectivity index (χ0n) is 16.4. The van der Waals surface area contributed by atoms with E-state index in [1.165, 1.54) is 11.1 Å². The zero-order valence-corrected chi connectivity index (χ0v) is 16.4. The van der Waals surface area contributed by atoms with Crippen LogP contribution < -0.4 is 10.6 Å². The number of carbonyl (C=O) groups is 1. The Kier molecular flexibility index (Phi) is 4.39. The molecule has 2 unspecified atom stereocenters. The monoisotopic (exact) mass is 381 g/mol. The molecule has 0 amide bonds. The van der Waals surface area contributed by atoms with Gasteiger partial charge in [0.05, 0.1) is 23.1 Å². The summed E-state index contributed by atoms with van der Waals surface area (Å²) in [6.07, 6.45) is 3.11. The van der Waals surface area contributed by atoms with Crippen LogP contribution in [0, 0.1) is 6.92 Å². The first-order valence-electron chi connectivity index (χ1n) is 10.1. The number of Topliss-reactive ketones (excluding diaryl/α,β-unsaturated/α-hetero) is 1. The largest absolute Gasteiger partial charge is 0.371 e. The molecule has 2 aliphatic rings. The highest BCUT2D eigenvalue weighted by atomic mass is 16.1. The molecule has 2 heterocycles. The second-order valence-corrected chi connectivity index (χ2v) is 7.83. The van der Waals surface area contributed by atoms with Gasteiger partial charge in [0, 0.05) is 23.9 Å². The van der Waals surface area contributed by atoms with E-state index in [1.54, 1.807) is 6.20 Å². The van der Waals surface area contributed by atoms with Gasteiger partial charge in [-0.3, -0.25) is 9.78 Å². The number of pyridine rings is 1. The van der Waals surface area contributed by atoms with Gasteiger partial charge >= 0.3 is 0 Å². The SMILES string of the molecule is Cc1ccc(C2CC(=O)C3=C(C2)Nc2ccccc2NC3c2ccccn2)cc1. The molecule has 2 atom stereocenters. The molecule has 1 aliphatic carbocycles. The summed E-state index contributed by atoms with van der Waals surface area (Å²) in [7, 11) is 0. The first kappa shape index (κ1) is 17.7. The van der Waals surface area contributed by atoms with E-state index in [0.717, 1.165) is 34.8 Å². The van der Waals surface area contributed by atoms with Crippen molar-refractivity contribution in [1.29, 1.82) is 0 Å². The number of hydrogen-bond donors (Lipinski definition) is 2. The third-order valence-electron chi connectivity index (χ3n) is 5.84. The highest BCUT2D eigenvalue weighted by Crippen LogP contribution is 2.43. The van der Waals surface area contributed by atoms with Gasteiger partial charge < -0.3 is 10.6 Å². The van der Waals surface area contributed by atoms with Crippen molar-refractivity contribution in [2.75, 3.05) is 10.6 Å². The Morgan fingerprint density at radius 2 is 1.66 bits per heavy atom. The summed E-state index contributed by atoms with van der Waals surface area (Å²) < 4.78 is 0. The number of ketones is 1. The van der Waals surface area contributed by atoms with E-state index in [0.29, 0.717) is 6.42 Å². The van der Waals surface area contributed by atoms with Crippen molar-refractivity contribution in [1.82, 2.24) is 4.98 Å². The number of hydrogen-bond acceptors (Lipinski definition) is 4. The van der Waals surface area contributed by atoms with Crippen molar-refractivity contribution in [3.05, 3.63) is 101 Å². The zero-order chi connectivity index (χ0) is 19.8. The van der Waals surface area contributed by atoms with Crippen LogP contribution in [0.15, 0.2) is 84.2 Å². The standard InChI is InChI=1S/C25H23N3O/c1-16-9-11-17(12-10-16)18-14-22-24(23(29)15-18)25(21-8-4-5-13-26-21)28-20-7-3-2-6-19(20)27-22/h2-13,18,25,27-28H,14-15H2,1H3. The molecule has 4 heteroatoms. The van der Waals surface area contributed by atoms with Crippen molar-refractivity contribution in [3.63, 3.8) is 0 Å². The van der Waals surface area contributed by atoms with Crippen LogP contribution in [-0.2, 0) is 4.79 Å². The topological polar surface area (TPSA) is 54.0 Å². The van der Waals surface area contributed by atoms with Crippen molar-refractivity contribution in [2.45, 2.75) is 31.7 Å². The van der Waals surface area contributed by atoms with Crippen LogP contribution in [0.2, 0.25) is 0 Å². The molecule has 0 radical (unpaired) electrons. The number of anilines is 2. The van der Waals surface area contributed by atoms with Crippen LogP contribution in [0.25, 0.3) is 0 Å². The number of aromatic nitrogens is 1. The Bertz CT molecular complexity index is 1090. The molecule has 0 fully saturated rings. The van der Waals surface area contributed by atoms with E-state index in [1.807, 2.05) is 42.5 Å². The molecule has 144 valence electrons. The molecule has 0 spiro atoms. The molecule has 2 aromatic carbocycles. The summed E-state index contributed by atoms with van der Waals surface area (Å²) in [6, 6.07) is 22.2. The molecule has 29 heavy (non-hydrogen) atoms. The summed E-state index contributed by atoms with van der Waals surface area (Å²) in [5.41, 5.74) is 7.10. The van der Waals surface area contributed by atoms with Gasteiger partial charge in [-0.2, -0.15) is 0 Å². The molecule has 2 N–H and O–H groups in total. The van der Waals surface area contributed by atoms with E-state index in [2.05, 4.69) is 46.8 Å². The second-order valence-electron chi connectivity index (χ2n) is 7.83. The number of allylic oxidation sites excluding steroid dienone is 1. The first-order chi connectivity index (χ1) is 14.2. The smallest absolute Gasteiger partial charge is 0.163 e. The average molecular weight is 381 g/mol. The van der Waals surface area contributed by atoms with E-state index in [9.17, 15) is 4.79 Å². The highest BCUT2D eigenvalue weighted by molar-refractivity contribution is 6.01. The summed E-state index contributed by atoms with van der Waals surface area (Å²) in [4.78, 5) is 18.0. The summed E-state index contributed by atoms with van der Waals surface area (Å²) in [5, 5.41) is 7.13. The lowest BCUT2D eigenvalue weighted by molar-refractivity contribution is -0.116. The number of aryl methyl sites for hydroxylation is 1. The number of rotatable bonds is 2. The number of nitrogens with one attached hydrogen (secondary N) is 2. The molecule has 1 aliphatic heterocycles. The van der Waals surface area contributed by atoms with Crippen LogP contribution in [0.5, 0.6) is 0 Å². The molecule has 0 bridgehead atoms. The Morgan fingerprint density at radius 1 is 0.897 bits per heavy atom. The van der Waals surface area contributed by atoms with Gasteiger partial charge in [0.2, 0.25) is 0 Å². The summed E-state index contributed by atoms with van der Waals surface area (Å²) in [6.45, 7) is 2.09. The second kappa shape index (κ2) is 7.21. The molecule has 4 nitrogen and oxygen atoms in total. The Balaban J connectivity index is 1.60. The minimum atomic E-state index is -0.256. The maximum Gasteiger partial charge on any atom is 0.163 e. The fraction of sp³-hybridized carbons (Fsp3) is 0.200. The van der Waals surface area contributed by atoms with Crippen LogP contribution in [0.1, 0.15) is 41.6 Å². The molecular formula is C25H23N3O. The van der Waals surface area contributed by atoms with Crippen LogP contribution in [-0.4, -0.2) is 10.8 Å². The van der Waals surface area contributed by atoms with Gasteiger partial charge in [-0.1, -0.05) is 48.0 Å². The molecular weight excluding hydrogens is 358 g/mol. The maximum atomic E-state index is 13.4. The predicted octanol–water partition coefficient (Wildman–Crippen LogP) is 5.37. The maximum absolute atomic E-state index is 13.4. The number of carbonyl (C=O) groups excluding carboxylic acids is 1. The molecule has 5 rings (SSSR count). The third-order valence-corrected chi connectivity index (χ3v) is 5.84. The van der Waals surface area contributed by atoms with Gasteiger partial charge in [-0.25, -0.2) is 0 Å². The Labute approximate surface area is 170 Å². The average Bonchev–Trinajstić information content (AvgIpc) is 2.92. The molecule has 1 aromatic heterocycles. The van der Waals surface area contributed by atoms with E-state index >= 15 is 0 Å². The lowest BCUT2D eigenvalue weighted by Gasteiger charge is -2.29. The van der Waals surface area contributed by atoms with Gasteiger partial charge in [-0.05, 0) is 49.1 Å². The number of fused-ring (bicyclic) bond motifs is 1. The van der Waals surface area contributed by atoms with Crippen LogP contribution >= 0.6 is 0 Å². The lowest BCUT2D eigenvalue weighted by Crippen LogP contribution is -2.27. The molecule has 0 saturated carbocycles.